The second-order valence-electron chi connectivity index (χ2n) is 10.7. The van der Waals surface area contributed by atoms with Gasteiger partial charge < -0.3 is 10.2 Å². The minimum atomic E-state index is -0.126. The molecule has 0 spiro atoms. The number of hydrogen-bond acceptors (Lipinski definition) is 4. The number of likely N-dealkylation sites (tertiary alicyclic amines) is 1. The van der Waals surface area contributed by atoms with Crippen LogP contribution < -0.4 is 5.32 Å². The molecule has 1 saturated carbocycles. The van der Waals surface area contributed by atoms with Crippen LogP contribution in [0, 0.1) is 12.8 Å². The molecule has 178 valence electrons. The summed E-state index contributed by atoms with van der Waals surface area (Å²) in [4.78, 5) is 35.1. The van der Waals surface area contributed by atoms with Crippen LogP contribution in [0.3, 0.4) is 0 Å². The second-order valence-corrected chi connectivity index (χ2v) is 10.7. The average molecular weight is 459 g/mol. The number of benzene rings is 1. The number of carbonyl (C=O) groups excluding carboxylic acids is 2. The van der Waals surface area contributed by atoms with Crippen molar-refractivity contribution in [2.75, 3.05) is 18.4 Å². The second kappa shape index (κ2) is 8.81. The molecular weight excluding hydrogens is 424 g/mol. The summed E-state index contributed by atoms with van der Waals surface area (Å²) in [6.07, 6.45) is 10.7. The first-order valence-electron chi connectivity index (χ1n) is 13.0. The Morgan fingerprint density at radius 3 is 2.44 bits per heavy atom. The number of rotatable bonds is 4. The number of fused-ring (bicyclic) bond motifs is 3. The highest BCUT2D eigenvalue weighted by Crippen LogP contribution is 2.42. The number of nitrogens with zero attached hydrogens (tertiary/aromatic N) is 3. The monoisotopic (exact) mass is 458 g/mol. The van der Waals surface area contributed by atoms with Gasteiger partial charge in [0.25, 0.3) is 5.91 Å². The van der Waals surface area contributed by atoms with E-state index >= 15 is 0 Å². The maximum atomic E-state index is 13.2. The Labute approximate surface area is 201 Å². The smallest absolute Gasteiger partial charge is 0.257 e. The zero-order valence-corrected chi connectivity index (χ0v) is 20.0. The normalized spacial score (nSPS) is 26.6. The van der Waals surface area contributed by atoms with Gasteiger partial charge in [-0.05, 0) is 80.8 Å². The molecule has 6 heteroatoms. The van der Waals surface area contributed by atoms with E-state index in [2.05, 4.69) is 32.2 Å². The lowest BCUT2D eigenvalue weighted by Crippen LogP contribution is -2.57. The van der Waals surface area contributed by atoms with Gasteiger partial charge in [-0.15, -0.1) is 0 Å². The van der Waals surface area contributed by atoms with Crippen molar-refractivity contribution in [3.05, 3.63) is 58.9 Å². The molecule has 2 aromatic rings. The fraction of sp³-hybridized carbons (Fsp3) is 0.536. The van der Waals surface area contributed by atoms with E-state index in [0.717, 1.165) is 63.0 Å². The van der Waals surface area contributed by atoms with Crippen LogP contribution in [0.15, 0.2) is 36.5 Å². The SMILES string of the molecule is Cc1ccc(C(=O)Nc2ccc3c(c2)C(N2CC4CCC(C2)N4C(=O)C2CCCC2)CC3)cn1. The van der Waals surface area contributed by atoms with E-state index in [0.29, 0.717) is 29.6 Å². The molecule has 4 aliphatic rings. The number of anilines is 1. The predicted octanol–water partition coefficient (Wildman–Crippen LogP) is 4.50. The highest BCUT2D eigenvalue weighted by molar-refractivity contribution is 6.04. The predicted molar refractivity (Wildman–Crippen MR) is 132 cm³/mol. The van der Waals surface area contributed by atoms with E-state index < -0.39 is 0 Å². The van der Waals surface area contributed by atoms with E-state index in [4.69, 9.17) is 0 Å². The Balaban J connectivity index is 1.16. The summed E-state index contributed by atoms with van der Waals surface area (Å²) in [6, 6.07) is 11.1. The highest BCUT2D eigenvalue weighted by Gasteiger charge is 2.46. The number of amides is 2. The molecule has 6 rings (SSSR count). The van der Waals surface area contributed by atoms with Gasteiger partial charge in [-0.1, -0.05) is 18.9 Å². The molecule has 0 radical (unpaired) electrons. The Hall–Kier alpha value is -2.73. The van der Waals surface area contributed by atoms with Gasteiger partial charge in [-0.3, -0.25) is 19.5 Å². The lowest BCUT2D eigenvalue weighted by Gasteiger charge is -2.44. The van der Waals surface area contributed by atoms with Gasteiger partial charge in [0.1, 0.15) is 0 Å². The molecule has 6 nitrogen and oxygen atoms in total. The number of aromatic nitrogens is 1. The third-order valence-corrected chi connectivity index (χ3v) is 8.53. The fourth-order valence-electron chi connectivity index (χ4n) is 6.78. The number of piperazine rings is 1. The zero-order valence-electron chi connectivity index (χ0n) is 20.0. The molecular formula is C28H34N4O2. The number of hydrogen-bond donors (Lipinski definition) is 1. The maximum absolute atomic E-state index is 13.2. The van der Waals surface area contributed by atoms with Gasteiger partial charge in [-0.25, -0.2) is 0 Å². The summed E-state index contributed by atoms with van der Waals surface area (Å²) in [5.74, 6) is 0.586. The van der Waals surface area contributed by atoms with Gasteiger partial charge in [-0.2, -0.15) is 0 Å². The van der Waals surface area contributed by atoms with Gasteiger partial charge in [0.05, 0.1) is 5.56 Å². The van der Waals surface area contributed by atoms with Crippen molar-refractivity contribution < 1.29 is 9.59 Å². The molecule has 2 aliphatic heterocycles. The zero-order chi connectivity index (χ0) is 23.2. The van der Waals surface area contributed by atoms with Crippen LogP contribution >= 0.6 is 0 Å². The Bertz CT molecular complexity index is 1080. The summed E-state index contributed by atoms with van der Waals surface area (Å²) in [5.41, 5.74) is 5.04. The molecule has 2 aliphatic carbocycles. The van der Waals surface area contributed by atoms with Crippen molar-refractivity contribution in [2.45, 2.75) is 76.4 Å². The lowest BCUT2D eigenvalue weighted by atomic mass is 10.0. The van der Waals surface area contributed by atoms with E-state index in [9.17, 15) is 9.59 Å². The minimum Gasteiger partial charge on any atom is -0.334 e. The van der Waals surface area contributed by atoms with E-state index in [1.165, 1.54) is 24.0 Å². The standard InChI is InChI=1S/C28H34N4O2/c1-18-6-7-21(15-29-18)27(33)30-22-10-8-19-9-13-26(25(19)14-22)31-16-23-11-12-24(17-31)32(23)28(34)20-4-2-3-5-20/h6-8,10,14-15,20,23-24,26H,2-5,9,11-13,16-17H2,1H3,(H,30,33). The van der Waals surface area contributed by atoms with Gasteiger partial charge in [0.15, 0.2) is 0 Å². The number of carbonyl (C=O) groups is 2. The molecule has 2 amide bonds. The summed E-state index contributed by atoms with van der Waals surface area (Å²) >= 11 is 0. The largest absolute Gasteiger partial charge is 0.334 e. The molecule has 2 saturated heterocycles. The van der Waals surface area contributed by atoms with E-state index in [1.54, 1.807) is 6.20 Å². The van der Waals surface area contributed by atoms with Crippen LogP contribution in [0.25, 0.3) is 0 Å². The third kappa shape index (κ3) is 3.92. The van der Waals surface area contributed by atoms with Crippen molar-refractivity contribution in [3.63, 3.8) is 0 Å². The Kier molecular flexibility index (Phi) is 5.64. The van der Waals surface area contributed by atoms with Crippen molar-refractivity contribution in [1.82, 2.24) is 14.8 Å². The summed E-state index contributed by atoms with van der Waals surface area (Å²) < 4.78 is 0. The molecule has 1 N–H and O–H groups in total. The third-order valence-electron chi connectivity index (χ3n) is 8.53. The van der Waals surface area contributed by atoms with Gasteiger partial charge in [0.2, 0.25) is 5.91 Å². The number of nitrogens with one attached hydrogen (secondary N) is 1. The van der Waals surface area contributed by atoms with E-state index in [1.807, 2.05) is 25.1 Å². The molecule has 2 bridgehead atoms. The van der Waals surface area contributed by atoms with Crippen LogP contribution in [0.4, 0.5) is 5.69 Å². The van der Waals surface area contributed by atoms with Crippen LogP contribution in [0.1, 0.15) is 78.2 Å². The summed E-state index contributed by atoms with van der Waals surface area (Å²) in [7, 11) is 0. The Morgan fingerprint density at radius 1 is 0.971 bits per heavy atom. The summed E-state index contributed by atoms with van der Waals surface area (Å²) in [5, 5.41) is 3.06. The first kappa shape index (κ1) is 21.8. The topological polar surface area (TPSA) is 65.5 Å². The Morgan fingerprint density at radius 2 is 1.74 bits per heavy atom. The van der Waals surface area contributed by atoms with E-state index in [-0.39, 0.29) is 11.8 Å². The number of aryl methyl sites for hydroxylation is 2. The minimum absolute atomic E-state index is 0.126. The summed E-state index contributed by atoms with van der Waals surface area (Å²) in [6.45, 7) is 3.87. The van der Waals surface area contributed by atoms with Crippen LogP contribution in [0.2, 0.25) is 0 Å². The quantitative estimate of drug-likeness (QED) is 0.733. The van der Waals surface area contributed by atoms with Crippen LogP contribution in [-0.4, -0.2) is 51.8 Å². The van der Waals surface area contributed by atoms with Crippen molar-refractivity contribution in [2.24, 2.45) is 5.92 Å². The van der Waals surface area contributed by atoms with Crippen LogP contribution in [-0.2, 0) is 11.2 Å². The molecule has 3 atom stereocenters. The molecule has 34 heavy (non-hydrogen) atoms. The number of pyridine rings is 1. The van der Waals surface area contributed by atoms with Crippen molar-refractivity contribution >= 4 is 17.5 Å². The van der Waals surface area contributed by atoms with Crippen molar-refractivity contribution in [1.29, 1.82) is 0 Å². The first-order chi connectivity index (χ1) is 16.6. The lowest BCUT2D eigenvalue weighted by molar-refractivity contribution is -0.141. The average Bonchev–Trinajstić information content (AvgIpc) is 3.57. The van der Waals surface area contributed by atoms with Crippen molar-refractivity contribution in [3.8, 4) is 0 Å². The van der Waals surface area contributed by atoms with Gasteiger partial charge >= 0.3 is 0 Å². The molecule has 3 fully saturated rings. The van der Waals surface area contributed by atoms with Crippen LogP contribution in [0.5, 0.6) is 0 Å². The molecule has 3 heterocycles. The fourth-order valence-corrected chi connectivity index (χ4v) is 6.78. The molecule has 1 aromatic carbocycles. The van der Waals surface area contributed by atoms with Gasteiger partial charge in [0, 0.05) is 54.7 Å². The first-order valence-corrected chi connectivity index (χ1v) is 13.0. The maximum Gasteiger partial charge on any atom is 0.257 e. The molecule has 1 aromatic heterocycles. The molecule has 3 unspecified atom stereocenters. The highest BCUT2D eigenvalue weighted by atomic mass is 16.2.